The van der Waals surface area contributed by atoms with Crippen molar-refractivity contribution in [2.75, 3.05) is 44.6 Å². The number of halogens is 1. The van der Waals surface area contributed by atoms with Gasteiger partial charge in [-0.3, -0.25) is 9.80 Å². The normalized spacial score (nSPS) is 16.4. The molecular weight excluding hydrogens is 456 g/mol. The summed E-state index contributed by atoms with van der Waals surface area (Å²) < 4.78 is 22.8. The van der Waals surface area contributed by atoms with Crippen LogP contribution in [0.3, 0.4) is 0 Å². The number of piperazine rings is 1. The van der Waals surface area contributed by atoms with Crippen molar-refractivity contribution in [2.45, 2.75) is 10.9 Å². The molecule has 0 spiro atoms. The van der Waals surface area contributed by atoms with Gasteiger partial charge in [0.25, 0.3) is 0 Å². The summed E-state index contributed by atoms with van der Waals surface area (Å²) >= 11 is 6.13. The third kappa shape index (κ3) is 6.34. The number of benzene rings is 3. The number of rotatable bonds is 8. The van der Waals surface area contributed by atoms with Crippen molar-refractivity contribution in [3.8, 4) is 0 Å². The SMILES string of the molecule is NS(=O)(=O)c1ccc(NCCN2CCN([C@H](c3ccccc3)c3ccc(Cl)cc3)CC2)cc1. The minimum absolute atomic E-state index is 0.123. The first-order valence-electron chi connectivity index (χ1n) is 11.0. The second-order valence-electron chi connectivity index (χ2n) is 8.24. The first-order chi connectivity index (χ1) is 15.9. The molecule has 1 aliphatic rings. The van der Waals surface area contributed by atoms with E-state index in [1.165, 1.54) is 23.3 Å². The van der Waals surface area contributed by atoms with Gasteiger partial charge in [0.1, 0.15) is 0 Å². The molecule has 3 aromatic carbocycles. The van der Waals surface area contributed by atoms with Crippen molar-refractivity contribution in [1.82, 2.24) is 9.80 Å². The van der Waals surface area contributed by atoms with Crippen LogP contribution in [0.15, 0.2) is 83.8 Å². The summed E-state index contributed by atoms with van der Waals surface area (Å²) in [6, 6.07) is 25.5. The van der Waals surface area contributed by atoms with Crippen LogP contribution in [0.5, 0.6) is 0 Å². The molecule has 0 aliphatic carbocycles. The molecule has 3 aromatic rings. The summed E-state index contributed by atoms with van der Waals surface area (Å²) in [7, 11) is -3.66. The summed E-state index contributed by atoms with van der Waals surface area (Å²) in [6.07, 6.45) is 0. The minimum Gasteiger partial charge on any atom is -0.384 e. The van der Waals surface area contributed by atoms with E-state index in [0.717, 1.165) is 50.0 Å². The highest BCUT2D eigenvalue weighted by Gasteiger charge is 2.26. The molecule has 0 amide bonds. The zero-order valence-corrected chi connectivity index (χ0v) is 20.0. The standard InChI is InChI=1S/C25H29ClN4O2S/c26-22-8-6-21(7-9-22)25(20-4-2-1-3-5-20)30-18-16-29(17-19-30)15-14-28-23-10-12-24(13-11-23)33(27,31)32/h1-13,25,28H,14-19H2,(H2,27,31,32)/t25-/m1/s1. The predicted molar refractivity (Wildman–Crippen MR) is 134 cm³/mol. The Labute approximate surface area is 201 Å². The van der Waals surface area contributed by atoms with Gasteiger partial charge >= 0.3 is 0 Å². The summed E-state index contributed by atoms with van der Waals surface area (Å²) in [5.41, 5.74) is 3.43. The minimum atomic E-state index is -3.66. The van der Waals surface area contributed by atoms with E-state index < -0.39 is 10.0 Å². The van der Waals surface area contributed by atoms with Crippen LogP contribution >= 0.6 is 11.6 Å². The number of primary sulfonamides is 1. The second-order valence-corrected chi connectivity index (χ2v) is 10.2. The molecule has 0 unspecified atom stereocenters. The number of nitrogens with two attached hydrogens (primary N) is 1. The smallest absolute Gasteiger partial charge is 0.238 e. The van der Waals surface area contributed by atoms with Gasteiger partial charge in [-0.05, 0) is 47.5 Å². The van der Waals surface area contributed by atoms with Gasteiger partial charge in [0.2, 0.25) is 10.0 Å². The fourth-order valence-corrected chi connectivity index (χ4v) is 4.90. The van der Waals surface area contributed by atoms with E-state index >= 15 is 0 Å². The van der Waals surface area contributed by atoms with Crippen LogP contribution in [-0.4, -0.2) is 57.5 Å². The van der Waals surface area contributed by atoms with Crippen molar-refractivity contribution in [1.29, 1.82) is 0 Å². The highest BCUT2D eigenvalue weighted by molar-refractivity contribution is 7.89. The summed E-state index contributed by atoms with van der Waals surface area (Å²) in [5, 5.41) is 9.26. The van der Waals surface area contributed by atoms with E-state index in [1.807, 2.05) is 12.1 Å². The molecule has 0 aromatic heterocycles. The van der Waals surface area contributed by atoms with Crippen LogP contribution in [0.2, 0.25) is 5.02 Å². The Morgan fingerprint density at radius 1 is 0.848 bits per heavy atom. The van der Waals surface area contributed by atoms with Crippen molar-refractivity contribution in [3.05, 3.63) is 95.0 Å². The molecule has 1 aliphatic heterocycles. The maximum atomic E-state index is 11.4. The number of sulfonamides is 1. The molecule has 1 fully saturated rings. The van der Waals surface area contributed by atoms with Crippen LogP contribution in [-0.2, 0) is 10.0 Å². The van der Waals surface area contributed by atoms with Crippen molar-refractivity contribution in [3.63, 3.8) is 0 Å². The number of anilines is 1. The molecule has 1 heterocycles. The van der Waals surface area contributed by atoms with Gasteiger partial charge in [0.15, 0.2) is 0 Å². The number of hydrogen-bond acceptors (Lipinski definition) is 5. The van der Waals surface area contributed by atoms with E-state index in [2.05, 4.69) is 57.6 Å². The number of nitrogens with zero attached hydrogens (tertiary/aromatic N) is 2. The zero-order valence-electron chi connectivity index (χ0n) is 18.4. The summed E-state index contributed by atoms with van der Waals surface area (Å²) in [6.45, 7) is 5.64. The fraction of sp³-hybridized carbons (Fsp3) is 0.280. The molecule has 4 rings (SSSR count). The quantitative estimate of drug-likeness (QED) is 0.508. The van der Waals surface area contributed by atoms with Gasteiger partial charge in [-0.25, -0.2) is 13.6 Å². The molecule has 0 bridgehead atoms. The first-order valence-corrected chi connectivity index (χ1v) is 13.0. The summed E-state index contributed by atoms with van der Waals surface area (Å²) in [5.74, 6) is 0. The van der Waals surface area contributed by atoms with Crippen molar-refractivity contribution >= 4 is 27.3 Å². The van der Waals surface area contributed by atoms with Gasteiger partial charge < -0.3 is 5.32 Å². The highest BCUT2D eigenvalue weighted by atomic mass is 35.5. The third-order valence-corrected chi connectivity index (χ3v) is 7.19. The Kier molecular flexibility index (Phi) is 7.67. The summed E-state index contributed by atoms with van der Waals surface area (Å²) in [4.78, 5) is 5.11. The Hall–Kier alpha value is -2.42. The first kappa shape index (κ1) is 23.7. The molecule has 0 saturated carbocycles. The van der Waals surface area contributed by atoms with E-state index in [9.17, 15) is 8.42 Å². The molecule has 8 heteroatoms. The Bertz CT molecular complexity index is 1130. The molecule has 3 N–H and O–H groups in total. The Morgan fingerprint density at radius 3 is 2.06 bits per heavy atom. The van der Waals surface area contributed by atoms with Crippen LogP contribution in [0, 0.1) is 0 Å². The second kappa shape index (κ2) is 10.7. The largest absolute Gasteiger partial charge is 0.384 e. The van der Waals surface area contributed by atoms with Crippen LogP contribution in [0.4, 0.5) is 5.69 Å². The maximum absolute atomic E-state index is 11.4. The maximum Gasteiger partial charge on any atom is 0.238 e. The zero-order chi connectivity index (χ0) is 23.3. The number of nitrogens with one attached hydrogen (secondary N) is 1. The average Bonchev–Trinajstić information content (AvgIpc) is 2.82. The lowest BCUT2D eigenvalue weighted by atomic mass is 9.96. The van der Waals surface area contributed by atoms with E-state index in [-0.39, 0.29) is 10.9 Å². The van der Waals surface area contributed by atoms with Crippen molar-refractivity contribution in [2.24, 2.45) is 5.14 Å². The lowest BCUT2D eigenvalue weighted by Crippen LogP contribution is -2.48. The van der Waals surface area contributed by atoms with Crippen molar-refractivity contribution < 1.29 is 8.42 Å². The molecule has 174 valence electrons. The molecule has 6 nitrogen and oxygen atoms in total. The highest BCUT2D eigenvalue weighted by Crippen LogP contribution is 2.30. The number of hydrogen-bond donors (Lipinski definition) is 2. The van der Waals surface area contributed by atoms with E-state index in [0.29, 0.717) is 0 Å². The lowest BCUT2D eigenvalue weighted by molar-refractivity contribution is 0.112. The topological polar surface area (TPSA) is 78.7 Å². The lowest BCUT2D eigenvalue weighted by Gasteiger charge is -2.40. The molecule has 1 atom stereocenters. The predicted octanol–water partition coefficient (Wildman–Crippen LogP) is 3.81. The Morgan fingerprint density at radius 2 is 1.45 bits per heavy atom. The third-order valence-electron chi connectivity index (χ3n) is 6.01. The van der Waals surface area contributed by atoms with Gasteiger partial charge in [-0.2, -0.15) is 0 Å². The van der Waals surface area contributed by atoms with Gasteiger partial charge in [-0.1, -0.05) is 54.1 Å². The molecule has 33 heavy (non-hydrogen) atoms. The monoisotopic (exact) mass is 484 g/mol. The van der Waals surface area contributed by atoms with Gasteiger partial charge in [-0.15, -0.1) is 0 Å². The van der Waals surface area contributed by atoms with Gasteiger partial charge in [0.05, 0.1) is 10.9 Å². The molecule has 0 radical (unpaired) electrons. The van der Waals surface area contributed by atoms with E-state index in [4.69, 9.17) is 16.7 Å². The van der Waals surface area contributed by atoms with E-state index in [1.54, 1.807) is 12.1 Å². The van der Waals surface area contributed by atoms with Gasteiger partial charge in [0, 0.05) is 50.0 Å². The molecular formula is C25H29ClN4O2S. The molecule has 1 saturated heterocycles. The fourth-order valence-electron chi connectivity index (χ4n) is 4.26. The van der Waals surface area contributed by atoms with Crippen LogP contribution in [0.25, 0.3) is 0 Å². The van der Waals surface area contributed by atoms with Crippen LogP contribution < -0.4 is 10.5 Å². The average molecular weight is 485 g/mol. The van der Waals surface area contributed by atoms with Crippen LogP contribution in [0.1, 0.15) is 17.2 Å². The Balaban J connectivity index is 1.32.